The highest BCUT2D eigenvalue weighted by atomic mass is 32.1. The molecule has 0 aromatic heterocycles. The highest BCUT2D eigenvalue weighted by Gasteiger charge is 2.43. The first-order valence-corrected chi connectivity index (χ1v) is 6.98. The van der Waals surface area contributed by atoms with E-state index in [1.54, 1.807) is 0 Å². The predicted molar refractivity (Wildman–Crippen MR) is 65.4 cm³/mol. The Hall–Kier alpha value is 0.100. The van der Waals surface area contributed by atoms with E-state index in [4.69, 9.17) is 0 Å². The minimum absolute atomic E-state index is 0.270. The second-order valence-corrected chi connectivity index (χ2v) is 5.92. The molecule has 0 amide bonds. The molecule has 2 rings (SSSR count). The van der Waals surface area contributed by atoms with Crippen LogP contribution in [0.2, 0.25) is 0 Å². The van der Waals surface area contributed by atoms with E-state index in [1.807, 2.05) is 0 Å². The maximum absolute atomic E-state index is 12.5. The number of rotatable bonds is 3. The maximum atomic E-state index is 12.5. The topological polar surface area (TPSA) is 3.24 Å². The molecule has 1 nitrogen and oxygen atoms in total. The summed E-state index contributed by atoms with van der Waals surface area (Å²) in [6.07, 6.45) is 0.174. The molecule has 2 fully saturated rings. The lowest BCUT2D eigenvalue weighted by Crippen LogP contribution is -2.47. The summed E-state index contributed by atoms with van der Waals surface area (Å²) in [5.41, 5.74) is 0.300. The third-order valence-corrected chi connectivity index (χ3v) is 5.03. The molecule has 1 aliphatic heterocycles. The zero-order valence-corrected chi connectivity index (χ0v) is 10.9. The Balaban J connectivity index is 1.79. The molecule has 100 valence electrons. The molecular weight excluding hydrogens is 247 g/mol. The van der Waals surface area contributed by atoms with Gasteiger partial charge in [-0.15, -0.1) is 0 Å². The Morgan fingerprint density at radius 1 is 1.18 bits per heavy atom. The molecule has 0 bridgehead atoms. The van der Waals surface area contributed by atoms with Crippen molar-refractivity contribution in [3.63, 3.8) is 0 Å². The molecule has 0 unspecified atom stereocenters. The van der Waals surface area contributed by atoms with Gasteiger partial charge in [0.1, 0.15) is 0 Å². The Bertz CT molecular complexity index is 249. The number of nitrogens with zero attached hydrogens (tertiary/aromatic N) is 1. The average molecular weight is 267 g/mol. The first kappa shape index (κ1) is 13.5. The van der Waals surface area contributed by atoms with Crippen LogP contribution in [0, 0.1) is 11.3 Å². The van der Waals surface area contributed by atoms with E-state index in [2.05, 4.69) is 17.5 Å². The van der Waals surface area contributed by atoms with Crippen LogP contribution < -0.4 is 0 Å². The van der Waals surface area contributed by atoms with Crippen LogP contribution in [0.15, 0.2) is 0 Å². The number of halogens is 3. The quantitative estimate of drug-likeness (QED) is 0.767. The SMILES string of the molecule is FC(F)(F)C1CCN(CC2(CS)CCC2)CC1. The van der Waals surface area contributed by atoms with E-state index >= 15 is 0 Å². The number of thiol groups is 1. The highest BCUT2D eigenvalue weighted by Crippen LogP contribution is 2.43. The lowest BCUT2D eigenvalue weighted by atomic mass is 9.69. The van der Waals surface area contributed by atoms with Crippen molar-refractivity contribution in [3.05, 3.63) is 0 Å². The summed E-state index contributed by atoms with van der Waals surface area (Å²) in [5.74, 6) is -0.210. The van der Waals surface area contributed by atoms with Gasteiger partial charge >= 0.3 is 6.18 Å². The zero-order chi connectivity index (χ0) is 12.5. The summed E-state index contributed by atoms with van der Waals surface area (Å²) < 4.78 is 37.6. The molecular formula is C12H20F3NS. The lowest BCUT2D eigenvalue weighted by molar-refractivity contribution is -0.185. The molecule has 5 heteroatoms. The van der Waals surface area contributed by atoms with Gasteiger partial charge in [-0.1, -0.05) is 6.42 Å². The van der Waals surface area contributed by atoms with E-state index in [1.165, 1.54) is 19.3 Å². The molecule has 0 atom stereocenters. The molecule has 2 aliphatic rings. The van der Waals surface area contributed by atoms with E-state index < -0.39 is 12.1 Å². The summed E-state index contributed by atoms with van der Waals surface area (Å²) in [6, 6.07) is 0. The molecule has 0 spiro atoms. The van der Waals surface area contributed by atoms with Crippen molar-refractivity contribution in [1.29, 1.82) is 0 Å². The molecule has 0 N–H and O–H groups in total. The van der Waals surface area contributed by atoms with Crippen molar-refractivity contribution in [2.45, 2.75) is 38.3 Å². The van der Waals surface area contributed by atoms with Crippen LogP contribution in [-0.2, 0) is 0 Å². The van der Waals surface area contributed by atoms with Gasteiger partial charge in [-0.25, -0.2) is 0 Å². The van der Waals surface area contributed by atoms with Crippen molar-refractivity contribution in [2.24, 2.45) is 11.3 Å². The summed E-state index contributed by atoms with van der Waals surface area (Å²) in [5, 5.41) is 0. The fourth-order valence-electron chi connectivity index (χ4n) is 2.94. The Morgan fingerprint density at radius 2 is 1.76 bits per heavy atom. The van der Waals surface area contributed by atoms with Crippen molar-refractivity contribution in [1.82, 2.24) is 4.90 Å². The Morgan fingerprint density at radius 3 is 2.12 bits per heavy atom. The van der Waals surface area contributed by atoms with Gasteiger partial charge in [0.05, 0.1) is 5.92 Å². The third kappa shape index (κ3) is 3.11. The van der Waals surface area contributed by atoms with Crippen LogP contribution >= 0.6 is 12.6 Å². The van der Waals surface area contributed by atoms with Gasteiger partial charge < -0.3 is 4.90 Å². The number of piperidine rings is 1. The van der Waals surface area contributed by atoms with Gasteiger partial charge in [-0.05, 0) is 49.9 Å². The van der Waals surface area contributed by atoms with Gasteiger partial charge in [0, 0.05) is 6.54 Å². The molecule has 17 heavy (non-hydrogen) atoms. The van der Waals surface area contributed by atoms with Gasteiger partial charge in [0.25, 0.3) is 0 Å². The van der Waals surface area contributed by atoms with Crippen molar-refractivity contribution >= 4 is 12.6 Å². The predicted octanol–water partition coefficient (Wildman–Crippen LogP) is 3.36. The number of hydrogen-bond donors (Lipinski definition) is 1. The third-order valence-electron chi connectivity index (χ3n) is 4.36. The summed E-state index contributed by atoms with van der Waals surface area (Å²) >= 11 is 4.39. The fourth-order valence-corrected chi connectivity index (χ4v) is 3.35. The molecule has 0 aromatic carbocycles. The van der Waals surface area contributed by atoms with Gasteiger partial charge in [-0.2, -0.15) is 25.8 Å². The van der Waals surface area contributed by atoms with Crippen LogP contribution in [0.3, 0.4) is 0 Å². The summed E-state index contributed by atoms with van der Waals surface area (Å²) in [4.78, 5) is 2.21. The highest BCUT2D eigenvalue weighted by molar-refractivity contribution is 7.80. The van der Waals surface area contributed by atoms with E-state index in [0.717, 1.165) is 12.3 Å². The lowest BCUT2D eigenvalue weighted by Gasteiger charge is -2.46. The van der Waals surface area contributed by atoms with Gasteiger partial charge in [0.2, 0.25) is 0 Å². The maximum Gasteiger partial charge on any atom is 0.391 e. The van der Waals surface area contributed by atoms with Crippen LogP contribution in [0.5, 0.6) is 0 Å². The van der Waals surface area contributed by atoms with Crippen molar-refractivity contribution in [2.75, 3.05) is 25.4 Å². The first-order valence-electron chi connectivity index (χ1n) is 6.35. The number of likely N-dealkylation sites (tertiary alicyclic amines) is 1. The second kappa shape index (κ2) is 5.00. The fraction of sp³-hybridized carbons (Fsp3) is 1.00. The molecule has 0 radical (unpaired) electrons. The second-order valence-electron chi connectivity index (χ2n) is 5.60. The molecule has 1 aliphatic carbocycles. The van der Waals surface area contributed by atoms with Gasteiger partial charge in [-0.3, -0.25) is 0 Å². The van der Waals surface area contributed by atoms with Crippen LogP contribution in [0.25, 0.3) is 0 Å². The van der Waals surface area contributed by atoms with Crippen molar-refractivity contribution in [3.8, 4) is 0 Å². The molecule has 1 heterocycles. The number of hydrogen-bond acceptors (Lipinski definition) is 2. The largest absolute Gasteiger partial charge is 0.391 e. The standard InChI is InChI=1S/C12H20F3NS/c13-12(14,15)10-2-6-16(7-3-10)8-11(9-17)4-1-5-11/h10,17H,1-9H2. The normalized spacial score (nSPS) is 26.8. The van der Waals surface area contributed by atoms with Crippen LogP contribution in [0.1, 0.15) is 32.1 Å². The molecule has 1 saturated carbocycles. The average Bonchev–Trinajstić information content (AvgIpc) is 2.23. The first-order chi connectivity index (χ1) is 7.95. The Labute approximate surface area is 106 Å². The molecule has 1 saturated heterocycles. The van der Waals surface area contributed by atoms with E-state index in [9.17, 15) is 13.2 Å². The smallest absolute Gasteiger partial charge is 0.303 e. The summed E-state index contributed by atoms with van der Waals surface area (Å²) in [6.45, 7) is 2.14. The summed E-state index contributed by atoms with van der Waals surface area (Å²) in [7, 11) is 0. The van der Waals surface area contributed by atoms with Crippen LogP contribution in [-0.4, -0.2) is 36.5 Å². The van der Waals surface area contributed by atoms with E-state index in [0.29, 0.717) is 18.5 Å². The number of alkyl halides is 3. The van der Waals surface area contributed by atoms with Crippen LogP contribution in [0.4, 0.5) is 13.2 Å². The van der Waals surface area contributed by atoms with E-state index in [-0.39, 0.29) is 12.8 Å². The zero-order valence-electron chi connectivity index (χ0n) is 9.97. The van der Waals surface area contributed by atoms with Crippen molar-refractivity contribution < 1.29 is 13.2 Å². The Kier molecular flexibility index (Phi) is 3.98. The minimum atomic E-state index is -4.00. The minimum Gasteiger partial charge on any atom is -0.303 e. The van der Waals surface area contributed by atoms with Gasteiger partial charge in [0.15, 0.2) is 0 Å². The molecule has 0 aromatic rings. The monoisotopic (exact) mass is 267 g/mol.